The van der Waals surface area contributed by atoms with Gasteiger partial charge in [0.05, 0.1) is 21.3 Å². The molecule has 22 heavy (non-hydrogen) atoms. The molecule has 9 heteroatoms. The molecule has 0 amide bonds. The molecule has 1 rings (SSSR count). The maximum atomic E-state index is 12.8. The fraction of sp³-hybridized carbons (Fsp3) is 0.538. The largest absolute Gasteiger partial charge is 0.496 e. The molecule has 1 aromatic carbocycles. The number of benzene rings is 1. The second kappa shape index (κ2) is 8.42. The molecule has 0 aliphatic rings. The van der Waals surface area contributed by atoms with Gasteiger partial charge in [-0.25, -0.2) is 8.42 Å². The minimum Gasteiger partial charge on any atom is -0.496 e. The zero-order valence-electron chi connectivity index (χ0n) is 13.3. The Balaban J connectivity index is 0.00000441. The Bertz CT molecular complexity index is 569. The first kappa shape index (κ1) is 20.8. The van der Waals surface area contributed by atoms with Gasteiger partial charge in [0.2, 0.25) is 0 Å². The van der Waals surface area contributed by atoms with E-state index >= 15 is 0 Å². The van der Waals surface area contributed by atoms with Gasteiger partial charge in [-0.3, -0.25) is 0 Å². The maximum absolute atomic E-state index is 12.8. The molecule has 0 spiro atoms. The number of hydrogen-bond acceptors (Lipinski definition) is 6. The summed E-state index contributed by atoms with van der Waals surface area (Å²) in [6.07, 6.45) is 0. The summed E-state index contributed by atoms with van der Waals surface area (Å²) in [5.74, 6) is 0.752. The van der Waals surface area contributed by atoms with Crippen LogP contribution in [0.4, 0.5) is 0 Å². The molecule has 0 radical (unpaired) electrons. The van der Waals surface area contributed by atoms with E-state index < -0.39 is 10.0 Å². The average molecular weight is 355 g/mol. The van der Waals surface area contributed by atoms with Crippen molar-refractivity contribution in [2.75, 3.05) is 34.9 Å². The van der Waals surface area contributed by atoms with Crippen molar-refractivity contribution in [3.05, 3.63) is 12.1 Å². The van der Waals surface area contributed by atoms with Crippen LogP contribution in [-0.4, -0.2) is 53.7 Å². The van der Waals surface area contributed by atoms with Gasteiger partial charge >= 0.3 is 0 Å². The van der Waals surface area contributed by atoms with E-state index in [-0.39, 0.29) is 41.4 Å². The highest BCUT2D eigenvalue weighted by Gasteiger charge is 2.32. The molecule has 2 N–H and O–H groups in total. The van der Waals surface area contributed by atoms with Crippen LogP contribution in [0.2, 0.25) is 0 Å². The number of nitrogens with zero attached hydrogens (tertiary/aromatic N) is 1. The predicted octanol–water partition coefficient (Wildman–Crippen LogP) is 1.10. The van der Waals surface area contributed by atoms with Crippen LogP contribution in [0, 0.1) is 0 Å². The first-order chi connectivity index (χ1) is 9.83. The van der Waals surface area contributed by atoms with Gasteiger partial charge in [-0.05, 0) is 6.92 Å². The number of hydrogen-bond donors (Lipinski definition) is 1. The fourth-order valence-corrected chi connectivity index (χ4v) is 3.40. The number of halogens is 1. The Morgan fingerprint density at radius 3 is 1.91 bits per heavy atom. The molecular weight excluding hydrogens is 332 g/mol. The highest BCUT2D eigenvalue weighted by atomic mass is 35.5. The van der Waals surface area contributed by atoms with Crippen molar-refractivity contribution in [2.24, 2.45) is 5.73 Å². The van der Waals surface area contributed by atoms with Crippen molar-refractivity contribution in [3.63, 3.8) is 0 Å². The monoisotopic (exact) mass is 354 g/mol. The molecule has 0 aromatic heterocycles. The summed E-state index contributed by atoms with van der Waals surface area (Å²) in [5, 5.41) is 0. The van der Waals surface area contributed by atoms with Crippen molar-refractivity contribution in [1.29, 1.82) is 0 Å². The van der Waals surface area contributed by atoms with Gasteiger partial charge in [0.25, 0.3) is 10.0 Å². The Hall–Kier alpha value is -1.22. The van der Waals surface area contributed by atoms with Crippen molar-refractivity contribution >= 4 is 22.4 Å². The quantitative estimate of drug-likeness (QED) is 0.788. The van der Waals surface area contributed by atoms with Crippen LogP contribution in [0.25, 0.3) is 0 Å². The number of rotatable bonds is 7. The molecule has 0 aliphatic heterocycles. The van der Waals surface area contributed by atoms with Gasteiger partial charge in [-0.15, -0.1) is 12.4 Å². The van der Waals surface area contributed by atoms with Gasteiger partial charge < -0.3 is 19.9 Å². The minimum atomic E-state index is -3.81. The number of likely N-dealkylation sites (N-methyl/N-ethyl adjacent to an activating group) is 1. The fourth-order valence-electron chi connectivity index (χ4n) is 1.76. The van der Waals surface area contributed by atoms with E-state index in [0.29, 0.717) is 5.75 Å². The Morgan fingerprint density at radius 2 is 1.59 bits per heavy atom. The van der Waals surface area contributed by atoms with Crippen LogP contribution in [0.15, 0.2) is 17.0 Å². The summed E-state index contributed by atoms with van der Waals surface area (Å²) >= 11 is 0. The highest BCUT2D eigenvalue weighted by Crippen LogP contribution is 2.39. The molecule has 7 nitrogen and oxygen atoms in total. The van der Waals surface area contributed by atoms with E-state index in [1.807, 2.05) is 0 Å². The summed E-state index contributed by atoms with van der Waals surface area (Å²) < 4.78 is 42.2. The Morgan fingerprint density at radius 1 is 1.14 bits per heavy atom. The summed E-state index contributed by atoms with van der Waals surface area (Å²) in [5.41, 5.74) is 5.55. The molecule has 0 heterocycles. The summed E-state index contributed by atoms with van der Waals surface area (Å²) in [6.45, 7) is 1.93. The van der Waals surface area contributed by atoms with E-state index in [1.54, 1.807) is 6.92 Å². The van der Waals surface area contributed by atoms with E-state index in [1.165, 1.54) is 44.8 Å². The zero-order chi connectivity index (χ0) is 16.2. The van der Waals surface area contributed by atoms with Gasteiger partial charge in [-0.1, -0.05) is 0 Å². The SMILES string of the molecule is COc1cc(OC)c(S(=O)(=O)N(C)C(C)CN)c(OC)c1.Cl. The number of sulfonamides is 1. The molecule has 1 unspecified atom stereocenters. The van der Waals surface area contributed by atoms with Gasteiger partial charge in [-0.2, -0.15) is 4.31 Å². The van der Waals surface area contributed by atoms with Crippen molar-refractivity contribution in [2.45, 2.75) is 17.9 Å². The molecule has 128 valence electrons. The third-order valence-electron chi connectivity index (χ3n) is 3.27. The molecule has 0 bridgehead atoms. The lowest BCUT2D eigenvalue weighted by atomic mass is 10.3. The smallest absolute Gasteiger partial charge is 0.250 e. The number of nitrogens with two attached hydrogens (primary N) is 1. The van der Waals surface area contributed by atoms with Crippen LogP contribution < -0.4 is 19.9 Å². The second-order valence-corrected chi connectivity index (χ2v) is 6.40. The lowest BCUT2D eigenvalue weighted by molar-refractivity contribution is 0.349. The van der Waals surface area contributed by atoms with Gasteiger partial charge in [0, 0.05) is 31.8 Å². The molecule has 0 aliphatic carbocycles. The molecule has 1 aromatic rings. The predicted molar refractivity (Wildman–Crippen MR) is 86.8 cm³/mol. The normalized spacial score (nSPS) is 12.5. The molecule has 0 saturated carbocycles. The van der Waals surface area contributed by atoms with Crippen LogP contribution >= 0.6 is 12.4 Å². The van der Waals surface area contributed by atoms with Gasteiger partial charge in [0.1, 0.15) is 17.2 Å². The first-order valence-electron chi connectivity index (χ1n) is 6.31. The van der Waals surface area contributed by atoms with Gasteiger partial charge in [0.15, 0.2) is 4.90 Å². The standard InChI is InChI=1S/C13H22N2O5S.ClH/c1-9(8-14)15(2)21(16,17)13-11(19-4)6-10(18-3)7-12(13)20-5;/h6-7,9H,8,14H2,1-5H3;1H. The molecule has 1 atom stereocenters. The lowest BCUT2D eigenvalue weighted by Gasteiger charge is -2.25. The average Bonchev–Trinajstić information content (AvgIpc) is 2.51. The molecule has 0 fully saturated rings. The summed E-state index contributed by atoms with van der Waals surface area (Å²) in [4.78, 5) is -0.0453. The van der Waals surface area contributed by atoms with Crippen molar-refractivity contribution in [3.8, 4) is 17.2 Å². The first-order valence-corrected chi connectivity index (χ1v) is 7.75. The van der Waals surface area contributed by atoms with Crippen LogP contribution in [-0.2, 0) is 10.0 Å². The molecule has 0 saturated heterocycles. The number of ether oxygens (including phenoxy) is 3. The van der Waals surface area contributed by atoms with Crippen LogP contribution in [0.5, 0.6) is 17.2 Å². The van der Waals surface area contributed by atoms with Crippen LogP contribution in [0.1, 0.15) is 6.92 Å². The topological polar surface area (TPSA) is 91.1 Å². The van der Waals surface area contributed by atoms with Crippen molar-refractivity contribution in [1.82, 2.24) is 4.31 Å². The summed E-state index contributed by atoms with van der Waals surface area (Å²) in [6, 6.07) is 2.64. The minimum absolute atomic E-state index is 0. The van der Waals surface area contributed by atoms with E-state index in [2.05, 4.69) is 0 Å². The maximum Gasteiger partial charge on any atom is 0.250 e. The third kappa shape index (κ3) is 3.95. The van der Waals surface area contributed by atoms with E-state index in [4.69, 9.17) is 19.9 Å². The lowest BCUT2D eigenvalue weighted by Crippen LogP contribution is -2.39. The third-order valence-corrected chi connectivity index (χ3v) is 5.31. The van der Waals surface area contributed by atoms with E-state index in [9.17, 15) is 8.42 Å². The Kier molecular flexibility index (Phi) is 7.96. The second-order valence-electron chi connectivity index (χ2n) is 4.47. The highest BCUT2D eigenvalue weighted by molar-refractivity contribution is 7.89. The summed E-state index contributed by atoms with van der Waals surface area (Å²) in [7, 11) is 1.91. The number of methoxy groups -OCH3 is 3. The van der Waals surface area contributed by atoms with Crippen LogP contribution in [0.3, 0.4) is 0 Å². The van der Waals surface area contributed by atoms with E-state index in [0.717, 1.165) is 0 Å². The van der Waals surface area contributed by atoms with Crippen molar-refractivity contribution < 1.29 is 22.6 Å². The zero-order valence-corrected chi connectivity index (χ0v) is 15.0. The molecular formula is C13H23ClN2O5S. The Labute approximate surface area is 137 Å².